The molecule has 25 heavy (non-hydrogen) atoms. The first-order chi connectivity index (χ1) is 12.2. The number of rotatable bonds is 8. The first kappa shape index (κ1) is 17.9. The average Bonchev–Trinajstić information content (AvgIpc) is 3.22. The van der Waals surface area contributed by atoms with E-state index >= 15 is 0 Å². The number of carbonyl (C=O) groups excluding carboxylic acids is 2. The maximum atomic E-state index is 12.9. The highest BCUT2D eigenvalue weighted by Gasteiger charge is 2.39. The number of thiophene rings is 1. The number of benzene rings is 1. The Balaban J connectivity index is 1.86. The largest absolute Gasteiger partial charge is 0.382 e. The van der Waals surface area contributed by atoms with E-state index in [4.69, 9.17) is 4.74 Å². The van der Waals surface area contributed by atoms with Crippen LogP contribution in [0.1, 0.15) is 18.2 Å². The van der Waals surface area contributed by atoms with Gasteiger partial charge in [0, 0.05) is 29.5 Å². The molecule has 2 heterocycles. The van der Waals surface area contributed by atoms with Gasteiger partial charge >= 0.3 is 0 Å². The summed E-state index contributed by atoms with van der Waals surface area (Å²) in [6.07, 6.45) is 0.645. The van der Waals surface area contributed by atoms with E-state index in [-0.39, 0.29) is 11.8 Å². The summed E-state index contributed by atoms with van der Waals surface area (Å²) in [5.41, 5.74) is 0.519. The van der Waals surface area contributed by atoms with Crippen LogP contribution in [0.15, 0.2) is 57.6 Å². The Morgan fingerprint density at radius 2 is 1.88 bits per heavy atom. The van der Waals surface area contributed by atoms with E-state index in [1.54, 1.807) is 0 Å². The lowest BCUT2D eigenvalue weighted by molar-refractivity contribution is -0.136. The van der Waals surface area contributed by atoms with Gasteiger partial charge in [0.2, 0.25) is 0 Å². The number of ether oxygens (including phenoxy) is 1. The maximum absolute atomic E-state index is 12.9. The molecule has 0 unspecified atom stereocenters. The van der Waals surface area contributed by atoms with Crippen molar-refractivity contribution in [1.29, 1.82) is 0 Å². The van der Waals surface area contributed by atoms with E-state index in [9.17, 15) is 9.59 Å². The van der Waals surface area contributed by atoms with Gasteiger partial charge in [-0.15, -0.1) is 11.3 Å². The van der Waals surface area contributed by atoms with Crippen molar-refractivity contribution in [3.05, 3.63) is 57.6 Å². The number of nitrogens with zero attached hydrogens (tertiary/aromatic N) is 1. The summed E-state index contributed by atoms with van der Waals surface area (Å²) in [5.74, 6) is -0.416. The van der Waals surface area contributed by atoms with Gasteiger partial charge in [-0.1, -0.05) is 36.0 Å². The van der Waals surface area contributed by atoms with Crippen molar-refractivity contribution in [2.45, 2.75) is 18.2 Å². The highest BCUT2D eigenvalue weighted by atomic mass is 32.2. The molecule has 0 bridgehead atoms. The van der Waals surface area contributed by atoms with E-state index in [1.807, 2.05) is 54.8 Å². The van der Waals surface area contributed by atoms with E-state index in [1.165, 1.54) is 28.0 Å². The van der Waals surface area contributed by atoms with Crippen LogP contribution in [0.25, 0.3) is 5.57 Å². The summed E-state index contributed by atoms with van der Waals surface area (Å²) in [6, 6.07) is 13.5. The van der Waals surface area contributed by atoms with Gasteiger partial charge in [0.15, 0.2) is 0 Å². The van der Waals surface area contributed by atoms with Gasteiger partial charge in [0.25, 0.3) is 11.8 Å². The fraction of sp³-hybridized carbons (Fsp3) is 0.263. The molecule has 0 atom stereocenters. The standard InChI is InChI=1S/C19H19NO3S2/c1-2-23-12-7-11-20-18(21)16(15-10-6-13-24-15)17(19(20)22)25-14-8-4-3-5-9-14/h3-6,8-10,13H,2,7,11-12H2,1H3. The molecular weight excluding hydrogens is 354 g/mol. The summed E-state index contributed by atoms with van der Waals surface area (Å²) in [6.45, 7) is 3.49. The maximum Gasteiger partial charge on any atom is 0.268 e. The van der Waals surface area contributed by atoms with Crippen LogP contribution in [-0.2, 0) is 14.3 Å². The van der Waals surface area contributed by atoms with Gasteiger partial charge in [-0.25, -0.2) is 0 Å². The van der Waals surface area contributed by atoms with Gasteiger partial charge in [-0.3, -0.25) is 14.5 Å². The lowest BCUT2D eigenvalue weighted by Gasteiger charge is -2.14. The molecule has 0 spiro atoms. The molecule has 3 rings (SSSR count). The van der Waals surface area contributed by atoms with Crippen molar-refractivity contribution < 1.29 is 14.3 Å². The fourth-order valence-corrected chi connectivity index (χ4v) is 4.42. The van der Waals surface area contributed by atoms with Gasteiger partial charge < -0.3 is 4.74 Å². The second-order valence-corrected chi connectivity index (χ2v) is 7.44. The zero-order valence-electron chi connectivity index (χ0n) is 13.9. The van der Waals surface area contributed by atoms with Gasteiger partial charge in [0.1, 0.15) is 0 Å². The Bertz CT molecular complexity index is 769. The fourth-order valence-electron chi connectivity index (χ4n) is 2.57. The molecule has 0 radical (unpaired) electrons. The number of thioether (sulfide) groups is 1. The normalized spacial score (nSPS) is 14.7. The van der Waals surface area contributed by atoms with Gasteiger partial charge in [-0.2, -0.15) is 0 Å². The van der Waals surface area contributed by atoms with Crippen LogP contribution in [0.5, 0.6) is 0 Å². The van der Waals surface area contributed by atoms with E-state index in [0.717, 1.165) is 9.77 Å². The Kier molecular flexibility index (Phi) is 6.07. The van der Waals surface area contributed by atoms with Crippen LogP contribution in [0.4, 0.5) is 0 Å². The topological polar surface area (TPSA) is 46.6 Å². The Morgan fingerprint density at radius 1 is 1.08 bits per heavy atom. The number of hydrogen-bond acceptors (Lipinski definition) is 5. The van der Waals surface area contributed by atoms with Crippen LogP contribution in [-0.4, -0.2) is 36.5 Å². The number of amides is 2. The van der Waals surface area contributed by atoms with Crippen LogP contribution < -0.4 is 0 Å². The van der Waals surface area contributed by atoms with Crippen molar-refractivity contribution in [2.24, 2.45) is 0 Å². The predicted molar refractivity (Wildman–Crippen MR) is 101 cm³/mol. The second kappa shape index (κ2) is 8.47. The Labute approximate surface area is 155 Å². The molecule has 1 aliphatic rings. The molecule has 4 nitrogen and oxygen atoms in total. The van der Waals surface area contributed by atoms with Crippen LogP contribution in [0, 0.1) is 0 Å². The number of hydrogen-bond donors (Lipinski definition) is 0. The lowest BCUT2D eigenvalue weighted by atomic mass is 10.2. The highest BCUT2D eigenvalue weighted by Crippen LogP contribution is 2.40. The van der Waals surface area contributed by atoms with Crippen molar-refractivity contribution in [1.82, 2.24) is 4.90 Å². The third-order valence-corrected chi connectivity index (χ3v) is 5.71. The van der Waals surface area contributed by atoms with Crippen LogP contribution in [0.3, 0.4) is 0 Å². The van der Waals surface area contributed by atoms with E-state index < -0.39 is 0 Å². The summed E-state index contributed by atoms with van der Waals surface area (Å²) in [4.78, 5) is 29.4. The number of imide groups is 1. The zero-order chi connectivity index (χ0) is 17.6. The summed E-state index contributed by atoms with van der Waals surface area (Å²) < 4.78 is 5.32. The van der Waals surface area contributed by atoms with E-state index in [2.05, 4.69) is 0 Å². The third kappa shape index (κ3) is 4.03. The van der Waals surface area contributed by atoms with Gasteiger partial charge in [0.05, 0.1) is 10.5 Å². The number of carbonyl (C=O) groups is 2. The van der Waals surface area contributed by atoms with Crippen molar-refractivity contribution in [3.8, 4) is 0 Å². The Hall–Kier alpha value is -1.89. The molecule has 0 N–H and O–H groups in total. The minimum absolute atomic E-state index is 0.206. The van der Waals surface area contributed by atoms with Crippen molar-refractivity contribution in [3.63, 3.8) is 0 Å². The summed E-state index contributed by atoms with van der Waals surface area (Å²) >= 11 is 2.84. The molecule has 0 saturated heterocycles. The minimum Gasteiger partial charge on any atom is -0.382 e. The van der Waals surface area contributed by atoms with Crippen molar-refractivity contribution >= 4 is 40.5 Å². The average molecular weight is 373 g/mol. The molecule has 0 saturated carbocycles. The van der Waals surface area contributed by atoms with E-state index in [0.29, 0.717) is 36.7 Å². The predicted octanol–water partition coefficient (Wildman–Crippen LogP) is 4.05. The third-order valence-electron chi connectivity index (χ3n) is 3.73. The molecule has 6 heteroatoms. The van der Waals surface area contributed by atoms with Gasteiger partial charge in [-0.05, 0) is 36.9 Å². The molecule has 0 aliphatic carbocycles. The lowest BCUT2D eigenvalue weighted by Crippen LogP contribution is -2.33. The second-order valence-electron chi connectivity index (χ2n) is 5.41. The van der Waals surface area contributed by atoms with Crippen molar-refractivity contribution in [2.75, 3.05) is 19.8 Å². The molecular formula is C19H19NO3S2. The molecule has 1 aromatic heterocycles. The first-order valence-corrected chi connectivity index (χ1v) is 9.87. The van der Waals surface area contributed by atoms with Crippen LogP contribution in [0.2, 0.25) is 0 Å². The molecule has 2 amide bonds. The minimum atomic E-state index is -0.209. The molecule has 1 aromatic carbocycles. The molecule has 130 valence electrons. The quantitative estimate of drug-likeness (QED) is 0.517. The molecule has 2 aromatic rings. The zero-order valence-corrected chi connectivity index (χ0v) is 15.6. The Morgan fingerprint density at radius 3 is 2.56 bits per heavy atom. The summed E-state index contributed by atoms with van der Waals surface area (Å²) in [5, 5.41) is 1.92. The smallest absolute Gasteiger partial charge is 0.268 e. The summed E-state index contributed by atoms with van der Waals surface area (Å²) in [7, 11) is 0. The van der Waals surface area contributed by atoms with Crippen LogP contribution >= 0.6 is 23.1 Å². The molecule has 0 fully saturated rings. The highest BCUT2D eigenvalue weighted by molar-refractivity contribution is 8.04. The molecule has 1 aliphatic heterocycles. The SMILES string of the molecule is CCOCCCN1C(=O)C(Sc2ccccc2)=C(c2cccs2)C1=O. The first-order valence-electron chi connectivity index (χ1n) is 8.17. The monoisotopic (exact) mass is 373 g/mol.